The summed E-state index contributed by atoms with van der Waals surface area (Å²) in [5.41, 5.74) is 5.94. The van der Waals surface area contributed by atoms with Crippen LogP contribution in [0, 0.1) is 5.41 Å². The zero-order valence-electron chi connectivity index (χ0n) is 11.7. The molecule has 0 aromatic heterocycles. The molecule has 0 atom stereocenters. The lowest BCUT2D eigenvalue weighted by Gasteiger charge is -2.21. The fourth-order valence-corrected chi connectivity index (χ4v) is 1.69. The van der Waals surface area contributed by atoms with Crippen molar-refractivity contribution in [1.82, 2.24) is 0 Å². The molecule has 0 unspecified atom stereocenters. The summed E-state index contributed by atoms with van der Waals surface area (Å²) in [6.07, 6.45) is 3.35. The fourth-order valence-electron chi connectivity index (χ4n) is 1.69. The first-order valence-corrected chi connectivity index (χ1v) is 6.54. The fraction of sp³-hybridized carbons (Fsp3) is 0.600. The van der Waals surface area contributed by atoms with E-state index in [0.717, 1.165) is 43.9 Å². The van der Waals surface area contributed by atoms with Crippen molar-refractivity contribution in [2.75, 3.05) is 20.3 Å². The van der Waals surface area contributed by atoms with Gasteiger partial charge in [0.2, 0.25) is 0 Å². The summed E-state index contributed by atoms with van der Waals surface area (Å²) in [6, 6.07) is 7.71. The highest BCUT2D eigenvalue weighted by Crippen LogP contribution is 2.22. The Balaban J connectivity index is 2.21. The Bertz CT molecular complexity index is 350. The van der Waals surface area contributed by atoms with E-state index >= 15 is 0 Å². The molecule has 0 fully saturated rings. The maximum Gasteiger partial charge on any atom is 0.122 e. The van der Waals surface area contributed by atoms with Gasteiger partial charge < -0.3 is 15.2 Å². The summed E-state index contributed by atoms with van der Waals surface area (Å²) in [5, 5.41) is 0. The molecule has 1 aromatic carbocycles. The Labute approximate surface area is 110 Å². The minimum absolute atomic E-state index is 0.246. The summed E-state index contributed by atoms with van der Waals surface area (Å²) in [5.74, 6) is 1.70. The van der Waals surface area contributed by atoms with Crippen LogP contribution in [-0.2, 0) is 0 Å². The van der Waals surface area contributed by atoms with Gasteiger partial charge >= 0.3 is 0 Å². The van der Waals surface area contributed by atoms with Crippen LogP contribution < -0.4 is 15.2 Å². The minimum atomic E-state index is 0.246. The number of methoxy groups -OCH3 is 1. The van der Waals surface area contributed by atoms with Gasteiger partial charge in [-0.25, -0.2) is 0 Å². The molecular weight excluding hydrogens is 226 g/mol. The second kappa shape index (κ2) is 7.27. The third kappa shape index (κ3) is 5.41. The first-order valence-electron chi connectivity index (χ1n) is 6.54. The summed E-state index contributed by atoms with van der Waals surface area (Å²) in [6.45, 7) is 5.89. The molecule has 0 spiro atoms. The van der Waals surface area contributed by atoms with Crippen LogP contribution in [0.4, 0.5) is 0 Å². The van der Waals surface area contributed by atoms with Crippen LogP contribution in [0.2, 0.25) is 0 Å². The van der Waals surface area contributed by atoms with E-state index in [1.807, 2.05) is 24.3 Å². The molecule has 1 aromatic rings. The van der Waals surface area contributed by atoms with Crippen molar-refractivity contribution in [2.24, 2.45) is 11.1 Å². The summed E-state index contributed by atoms with van der Waals surface area (Å²) in [7, 11) is 1.66. The highest BCUT2D eigenvalue weighted by molar-refractivity contribution is 5.32. The molecule has 3 nitrogen and oxygen atoms in total. The molecule has 0 aliphatic rings. The van der Waals surface area contributed by atoms with E-state index in [1.165, 1.54) is 0 Å². The largest absolute Gasteiger partial charge is 0.497 e. The van der Waals surface area contributed by atoms with E-state index in [-0.39, 0.29) is 5.41 Å². The van der Waals surface area contributed by atoms with Crippen molar-refractivity contribution >= 4 is 0 Å². The molecule has 0 amide bonds. The SMILES string of the molecule is COc1cccc(OCCCCC(C)(C)CN)c1. The minimum Gasteiger partial charge on any atom is -0.497 e. The Morgan fingerprint density at radius 2 is 1.89 bits per heavy atom. The Morgan fingerprint density at radius 1 is 1.17 bits per heavy atom. The molecule has 102 valence electrons. The van der Waals surface area contributed by atoms with Gasteiger partial charge in [0.25, 0.3) is 0 Å². The number of benzene rings is 1. The van der Waals surface area contributed by atoms with Crippen molar-refractivity contribution in [3.05, 3.63) is 24.3 Å². The normalized spacial score (nSPS) is 11.3. The molecule has 0 aliphatic carbocycles. The number of rotatable bonds is 8. The van der Waals surface area contributed by atoms with Crippen LogP contribution in [0.15, 0.2) is 24.3 Å². The van der Waals surface area contributed by atoms with Crippen molar-refractivity contribution in [2.45, 2.75) is 33.1 Å². The Kier molecular flexibility index (Phi) is 5.99. The van der Waals surface area contributed by atoms with Crippen LogP contribution >= 0.6 is 0 Å². The number of hydrogen-bond donors (Lipinski definition) is 1. The Morgan fingerprint density at radius 3 is 2.56 bits per heavy atom. The van der Waals surface area contributed by atoms with E-state index in [0.29, 0.717) is 0 Å². The lowest BCUT2D eigenvalue weighted by molar-refractivity contribution is 0.277. The van der Waals surface area contributed by atoms with Crippen LogP contribution in [0.5, 0.6) is 11.5 Å². The molecule has 0 saturated carbocycles. The average molecular weight is 251 g/mol. The second-order valence-corrected chi connectivity index (χ2v) is 5.35. The molecule has 1 rings (SSSR count). The summed E-state index contributed by atoms with van der Waals surface area (Å²) < 4.78 is 10.8. The van der Waals surface area contributed by atoms with Gasteiger partial charge in [-0.1, -0.05) is 19.9 Å². The number of ether oxygens (including phenoxy) is 2. The molecule has 0 heterocycles. The lowest BCUT2D eigenvalue weighted by atomic mass is 9.87. The smallest absolute Gasteiger partial charge is 0.122 e. The summed E-state index contributed by atoms with van der Waals surface area (Å²) >= 11 is 0. The number of unbranched alkanes of at least 4 members (excludes halogenated alkanes) is 1. The quantitative estimate of drug-likeness (QED) is 0.721. The van der Waals surface area contributed by atoms with E-state index < -0.39 is 0 Å². The van der Waals surface area contributed by atoms with Gasteiger partial charge in [0.15, 0.2) is 0 Å². The monoisotopic (exact) mass is 251 g/mol. The predicted molar refractivity (Wildman–Crippen MR) is 75.2 cm³/mol. The third-order valence-corrected chi connectivity index (χ3v) is 3.11. The maximum atomic E-state index is 5.70. The van der Waals surface area contributed by atoms with Crippen molar-refractivity contribution in [1.29, 1.82) is 0 Å². The molecular formula is C15H25NO2. The lowest BCUT2D eigenvalue weighted by Crippen LogP contribution is -2.23. The van der Waals surface area contributed by atoms with Crippen LogP contribution in [0.3, 0.4) is 0 Å². The second-order valence-electron chi connectivity index (χ2n) is 5.35. The first-order chi connectivity index (χ1) is 8.57. The third-order valence-electron chi connectivity index (χ3n) is 3.11. The van der Waals surface area contributed by atoms with Crippen LogP contribution in [0.25, 0.3) is 0 Å². The van der Waals surface area contributed by atoms with E-state index in [2.05, 4.69) is 13.8 Å². The standard InChI is InChI=1S/C15H25NO2/c1-15(2,12-16)9-4-5-10-18-14-8-6-7-13(11-14)17-3/h6-8,11H,4-5,9-10,12,16H2,1-3H3. The van der Waals surface area contributed by atoms with E-state index in [4.69, 9.17) is 15.2 Å². The molecule has 0 saturated heterocycles. The molecule has 0 radical (unpaired) electrons. The molecule has 0 aliphatic heterocycles. The van der Waals surface area contributed by atoms with E-state index in [1.54, 1.807) is 7.11 Å². The van der Waals surface area contributed by atoms with Gasteiger partial charge in [-0.2, -0.15) is 0 Å². The maximum absolute atomic E-state index is 5.70. The zero-order chi connectivity index (χ0) is 13.4. The Hall–Kier alpha value is -1.22. The van der Waals surface area contributed by atoms with E-state index in [9.17, 15) is 0 Å². The number of hydrogen-bond acceptors (Lipinski definition) is 3. The predicted octanol–water partition coefficient (Wildman–Crippen LogP) is 3.23. The van der Waals surface area contributed by atoms with Crippen LogP contribution in [-0.4, -0.2) is 20.3 Å². The number of nitrogens with two attached hydrogens (primary N) is 1. The average Bonchev–Trinajstić information content (AvgIpc) is 2.38. The van der Waals surface area contributed by atoms with Crippen molar-refractivity contribution < 1.29 is 9.47 Å². The highest BCUT2D eigenvalue weighted by atomic mass is 16.5. The van der Waals surface area contributed by atoms with Crippen molar-refractivity contribution in [3.63, 3.8) is 0 Å². The topological polar surface area (TPSA) is 44.5 Å². The molecule has 0 bridgehead atoms. The highest BCUT2D eigenvalue weighted by Gasteiger charge is 2.14. The van der Waals surface area contributed by atoms with Crippen LogP contribution in [0.1, 0.15) is 33.1 Å². The van der Waals surface area contributed by atoms with Crippen molar-refractivity contribution in [3.8, 4) is 11.5 Å². The van der Waals surface area contributed by atoms with Gasteiger partial charge in [-0.05, 0) is 43.4 Å². The van der Waals surface area contributed by atoms with Gasteiger partial charge in [0.05, 0.1) is 13.7 Å². The van der Waals surface area contributed by atoms with Gasteiger partial charge in [-0.3, -0.25) is 0 Å². The molecule has 18 heavy (non-hydrogen) atoms. The van der Waals surface area contributed by atoms with Gasteiger partial charge in [0.1, 0.15) is 11.5 Å². The first kappa shape index (κ1) is 14.8. The molecule has 2 N–H and O–H groups in total. The van der Waals surface area contributed by atoms with Gasteiger partial charge in [-0.15, -0.1) is 0 Å². The zero-order valence-corrected chi connectivity index (χ0v) is 11.7. The van der Waals surface area contributed by atoms with Gasteiger partial charge in [0, 0.05) is 6.07 Å². The summed E-state index contributed by atoms with van der Waals surface area (Å²) in [4.78, 5) is 0. The molecule has 3 heteroatoms.